The lowest BCUT2D eigenvalue weighted by Gasteiger charge is -2.19. The first-order valence-corrected chi connectivity index (χ1v) is 6.16. The molecule has 1 heterocycles. The first-order valence-electron chi connectivity index (χ1n) is 6.16. The van der Waals surface area contributed by atoms with Gasteiger partial charge < -0.3 is 11.1 Å². The van der Waals surface area contributed by atoms with Gasteiger partial charge in [-0.05, 0) is 50.3 Å². The summed E-state index contributed by atoms with van der Waals surface area (Å²) in [4.78, 5) is 4.19. The largest absolute Gasteiger partial charge is 0.385 e. The average molecular weight is 219 g/mol. The third-order valence-corrected chi connectivity index (χ3v) is 3.58. The van der Waals surface area contributed by atoms with Crippen molar-refractivity contribution in [3.05, 3.63) is 24.0 Å². The van der Waals surface area contributed by atoms with Crippen molar-refractivity contribution in [2.45, 2.75) is 26.2 Å². The first kappa shape index (κ1) is 11.4. The highest BCUT2D eigenvalue weighted by Crippen LogP contribution is 2.30. The van der Waals surface area contributed by atoms with Crippen molar-refractivity contribution < 1.29 is 0 Å². The second-order valence-corrected chi connectivity index (χ2v) is 4.75. The summed E-state index contributed by atoms with van der Waals surface area (Å²) in [7, 11) is 0. The molecule has 3 heteroatoms. The number of nitrogens with two attached hydrogens (primary N) is 1. The van der Waals surface area contributed by atoms with Crippen molar-refractivity contribution in [2.75, 3.05) is 18.4 Å². The van der Waals surface area contributed by atoms with Crippen molar-refractivity contribution in [3.63, 3.8) is 0 Å². The summed E-state index contributed by atoms with van der Waals surface area (Å²) in [6.07, 6.45) is 5.81. The molecule has 0 amide bonds. The molecule has 3 N–H and O–H groups in total. The highest BCUT2D eigenvalue weighted by molar-refractivity contribution is 5.42. The molecule has 0 radical (unpaired) electrons. The molecule has 2 rings (SSSR count). The summed E-state index contributed by atoms with van der Waals surface area (Å²) < 4.78 is 0. The van der Waals surface area contributed by atoms with E-state index < -0.39 is 0 Å². The van der Waals surface area contributed by atoms with Gasteiger partial charge in [-0.3, -0.25) is 4.98 Å². The normalized spacial score (nSPS) is 24.6. The molecule has 3 nitrogen and oxygen atoms in total. The lowest BCUT2D eigenvalue weighted by atomic mass is 9.96. The summed E-state index contributed by atoms with van der Waals surface area (Å²) >= 11 is 0. The van der Waals surface area contributed by atoms with E-state index >= 15 is 0 Å². The van der Waals surface area contributed by atoms with Crippen molar-refractivity contribution in [1.29, 1.82) is 0 Å². The second kappa shape index (κ2) is 5.30. The van der Waals surface area contributed by atoms with Crippen LogP contribution in [0.4, 0.5) is 5.69 Å². The van der Waals surface area contributed by atoms with Crippen LogP contribution in [0.2, 0.25) is 0 Å². The molecule has 0 bridgehead atoms. The number of pyridine rings is 1. The predicted octanol–water partition coefficient (Wildman–Crippen LogP) is 2.18. The number of hydrogen-bond acceptors (Lipinski definition) is 3. The van der Waals surface area contributed by atoms with E-state index in [9.17, 15) is 0 Å². The first-order chi connectivity index (χ1) is 7.79. The minimum absolute atomic E-state index is 0.718. The summed E-state index contributed by atoms with van der Waals surface area (Å²) in [6.45, 7) is 3.90. The van der Waals surface area contributed by atoms with E-state index in [0.717, 1.165) is 30.6 Å². The average Bonchev–Trinajstić information content (AvgIpc) is 2.74. The van der Waals surface area contributed by atoms with Gasteiger partial charge in [0.1, 0.15) is 0 Å². The molecule has 0 saturated heterocycles. The predicted molar refractivity (Wildman–Crippen MR) is 67.3 cm³/mol. The van der Waals surface area contributed by atoms with Crippen molar-refractivity contribution in [3.8, 4) is 0 Å². The van der Waals surface area contributed by atoms with Crippen LogP contribution in [0.25, 0.3) is 0 Å². The minimum atomic E-state index is 0.718. The number of hydrogen-bond donors (Lipinski definition) is 2. The number of nitrogens with one attached hydrogen (secondary N) is 1. The maximum atomic E-state index is 5.78. The van der Waals surface area contributed by atoms with Gasteiger partial charge in [0.2, 0.25) is 0 Å². The molecule has 0 aliphatic heterocycles. The lowest BCUT2D eigenvalue weighted by molar-refractivity contribution is 0.414. The van der Waals surface area contributed by atoms with Crippen LogP contribution in [0.1, 0.15) is 25.0 Å². The van der Waals surface area contributed by atoms with Gasteiger partial charge in [-0.2, -0.15) is 0 Å². The molecule has 16 heavy (non-hydrogen) atoms. The molecule has 1 fully saturated rings. The molecule has 2 unspecified atom stereocenters. The molecule has 88 valence electrons. The van der Waals surface area contributed by atoms with Crippen LogP contribution in [0, 0.1) is 18.8 Å². The van der Waals surface area contributed by atoms with E-state index in [0.29, 0.717) is 0 Å². The monoisotopic (exact) mass is 219 g/mol. The number of anilines is 1. The standard InChI is InChI=1S/C13H21N3/c1-10-7-13(5-6-15-10)16-9-12-4-2-3-11(12)8-14/h5-7,11-12H,2-4,8-9,14H2,1H3,(H,15,16). The van der Waals surface area contributed by atoms with E-state index in [-0.39, 0.29) is 0 Å². The summed E-state index contributed by atoms with van der Waals surface area (Å²) in [5, 5.41) is 3.50. The highest BCUT2D eigenvalue weighted by Gasteiger charge is 2.25. The highest BCUT2D eigenvalue weighted by atomic mass is 14.9. The van der Waals surface area contributed by atoms with Gasteiger partial charge in [0.25, 0.3) is 0 Å². The van der Waals surface area contributed by atoms with Gasteiger partial charge in [-0.1, -0.05) is 6.42 Å². The van der Waals surface area contributed by atoms with Gasteiger partial charge >= 0.3 is 0 Å². The maximum Gasteiger partial charge on any atom is 0.0393 e. The second-order valence-electron chi connectivity index (χ2n) is 4.75. The molecule has 2 atom stereocenters. The Morgan fingerprint density at radius 1 is 1.44 bits per heavy atom. The SMILES string of the molecule is Cc1cc(NCC2CCCC2CN)ccn1. The maximum absolute atomic E-state index is 5.78. The summed E-state index contributed by atoms with van der Waals surface area (Å²) in [5.74, 6) is 1.47. The van der Waals surface area contributed by atoms with E-state index in [2.05, 4.69) is 16.4 Å². The molecule has 1 saturated carbocycles. The van der Waals surface area contributed by atoms with Crippen LogP contribution < -0.4 is 11.1 Å². The molecule has 1 aromatic heterocycles. The van der Waals surface area contributed by atoms with Crippen molar-refractivity contribution >= 4 is 5.69 Å². The fourth-order valence-electron chi connectivity index (χ4n) is 2.60. The van der Waals surface area contributed by atoms with Crippen LogP contribution in [0.15, 0.2) is 18.3 Å². The van der Waals surface area contributed by atoms with Gasteiger partial charge in [0, 0.05) is 24.1 Å². The van der Waals surface area contributed by atoms with E-state index in [4.69, 9.17) is 5.73 Å². The minimum Gasteiger partial charge on any atom is -0.385 e. The van der Waals surface area contributed by atoms with Crippen molar-refractivity contribution in [1.82, 2.24) is 4.98 Å². The van der Waals surface area contributed by atoms with Crippen LogP contribution >= 0.6 is 0 Å². The van der Waals surface area contributed by atoms with E-state index in [1.807, 2.05) is 19.2 Å². The fourth-order valence-corrected chi connectivity index (χ4v) is 2.60. The van der Waals surface area contributed by atoms with Crippen LogP contribution in [0.3, 0.4) is 0 Å². The Morgan fingerprint density at radius 2 is 2.25 bits per heavy atom. The van der Waals surface area contributed by atoms with E-state index in [1.165, 1.54) is 24.9 Å². The molecular formula is C13H21N3. The van der Waals surface area contributed by atoms with Gasteiger partial charge in [0.15, 0.2) is 0 Å². The van der Waals surface area contributed by atoms with Crippen LogP contribution in [-0.4, -0.2) is 18.1 Å². The smallest absolute Gasteiger partial charge is 0.0393 e. The Bertz CT molecular complexity index is 338. The topological polar surface area (TPSA) is 50.9 Å². The number of nitrogens with zero attached hydrogens (tertiary/aromatic N) is 1. The summed E-state index contributed by atoms with van der Waals surface area (Å²) in [5.41, 5.74) is 8.02. The van der Waals surface area contributed by atoms with Crippen LogP contribution in [-0.2, 0) is 0 Å². The van der Waals surface area contributed by atoms with Gasteiger partial charge in [0.05, 0.1) is 0 Å². The molecule has 0 spiro atoms. The Hall–Kier alpha value is -1.09. The molecule has 0 aromatic carbocycles. The van der Waals surface area contributed by atoms with E-state index in [1.54, 1.807) is 0 Å². The third kappa shape index (κ3) is 2.73. The molecular weight excluding hydrogens is 198 g/mol. The van der Waals surface area contributed by atoms with Crippen molar-refractivity contribution in [2.24, 2.45) is 17.6 Å². The quantitative estimate of drug-likeness (QED) is 0.816. The fraction of sp³-hybridized carbons (Fsp3) is 0.615. The molecule has 1 aliphatic rings. The molecule has 1 aliphatic carbocycles. The van der Waals surface area contributed by atoms with Gasteiger partial charge in [-0.25, -0.2) is 0 Å². The van der Waals surface area contributed by atoms with Gasteiger partial charge in [-0.15, -0.1) is 0 Å². The zero-order valence-corrected chi connectivity index (χ0v) is 9.95. The zero-order valence-electron chi connectivity index (χ0n) is 9.95. The van der Waals surface area contributed by atoms with Crippen LogP contribution in [0.5, 0.6) is 0 Å². The Balaban J connectivity index is 1.87. The summed E-state index contributed by atoms with van der Waals surface area (Å²) in [6, 6.07) is 4.12. The molecule has 1 aromatic rings. The Labute approximate surface area is 97.5 Å². The lowest BCUT2D eigenvalue weighted by Crippen LogP contribution is -2.24. The number of aryl methyl sites for hydroxylation is 1. The Kier molecular flexibility index (Phi) is 3.78. The number of rotatable bonds is 4. The Morgan fingerprint density at radius 3 is 3.00 bits per heavy atom. The number of aromatic nitrogens is 1. The third-order valence-electron chi connectivity index (χ3n) is 3.58. The zero-order chi connectivity index (χ0) is 11.4.